The molecule has 30 heavy (non-hydrogen) atoms. The van der Waals surface area contributed by atoms with E-state index in [-0.39, 0.29) is 30.3 Å². The molecule has 0 saturated heterocycles. The maximum Gasteiger partial charge on any atom is 0.400 e. The van der Waals surface area contributed by atoms with E-state index in [1.807, 2.05) is 0 Å². The summed E-state index contributed by atoms with van der Waals surface area (Å²) in [5.74, 6) is -0.702. The minimum absolute atomic E-state index is 0.0414. The molecule has 154 valence electrons. The standard InChI is InChI=1S/C17H11ClF2N6O4/c18-17(19,20)16-24-15(26-30-16)9-3-1-8(2-4-9)5-21-11-12(14(28)13(11)27)22-6-10-23-7-29-25-10/h1-4,7,21-22H,5-6H2. The first-order valence-electron chi connectivity index (χ1n) is 8.39. The Morgan fingerprint density at radius 2 is 1.67 bits per heavy atom. The van der Waals surface area contributed by atoms with Gasteiger partial charge in [0.15, 0.2) is 5.82 Å². The van der Waals surface area contributed by atoms with Crippen molar-refractivity contribution in [1.82, 2.24) is 20.3 Å². The van der Waals surface area contributed by atoms with Crippen LogP contribution in [0.4, 0.5) is 20.2 Å². The van der Waals surface area contributed by atoms with Crippen LogP contribution in [0.2, 0.25) is 0 Å². The molecular weight excluding hydrogens is 426 g/mol. The molecular formula is C17H11ClF2N6O4. The van der Waals surface area contributed by atoms with E-state index in [0.29, 0.717) is 11.4 Å². The van der Waals surface area contributed by atoms with Crippen molar-refractivity contribution in [2.75, 3.05) is 10.6 Å². The summed E-state index contributed by atoms with van der Waals surface area (Å²) in [5, 5.41) is 9.02. The van der Waals surface area contributed by atoms with Crippen molar-refractivity contribution in [3.63, 3.8) is 0 Å². The fourth-order valence-electron chi connectivity index (χ4n) is 2.58. The zero-order chi connectivity index (χ0) is 21.3. The lowest BCUT2D eigenvalue weighted by Crippen LogP contribution is -2.37. The highest BCUT2D eigenvalue weighted by Crippen LogP contribution is 2.32. The van der Waals surface area contributed by atoms with Crippen LogP contribution >= 0.6 is 11.6 Å². The van der Waals surface area contributed by atoms with E-state index < -0.39 is 22.1 Å². The van der Waals surface area contributed by atoms with E-state index in [1.54, 1.807) is 24.3 Å². The van der Waals surface area contributed by atoms with Crippen LogP contribution in [-0.4, -0.2) is 20.3 Å². The van der Waals surface area contributed by atoms with Crippen molar-refractivity contribution in [2.24, 2.45) is 0 Å². The lowest BCUT2D eigenvalue weighted by Gasteiger charge is -2.14. The van der Waals surface area contributed by atoms with Crippen LogP contribution in [0.15, 0.2) is 49.3 Å². The third-order valence-corrected chi connectivity index (χ3v) is 4.25. The zero-order valence-corrected chi connectivity index (χ0v) is 15.6. The van der Waals surface area contributed by atoms with Gasteiger partial charge < -0.3 is 19.7 Å². The largest absolute Gasteiger partial charge is 0.400 e. The third kappa shape index (κ3) is 3.89. The normalized spacial score (nSPS) is 11.7. The van der Waals surface area contributed by atoms with Gasteiger partial charge in [0.05, 0.1) is 6.54 Å². The van der Waals surface area contributed by atoms with Gasteiger partial charge in [0, 0.05) is 12.1 Å². The van der Waals surface area contributed by atoms with Gasteiger partial charge in [0.2, 0.25) is 12.2 Å². The molecule has 0 aliphatic rings. The number of aromatic nitrogens is 4. The van der Waals surface area contributed by atoms with Gasteiger partial charge >= 0.3 is 11.3 Å². The molecule has 2 N–H and O–H groups in total. The molecule has 0 fully saturated rings. The van der Waals surface area contributed by atoms with E-state index in [9.17, 15) is 18.4 Å². The first-order chi connectivity index (χ1) is 14.3. The van der Waals surface area contributed by atoms with Gasteiger partial charge in [-0.2, -0.15) is 18.7 Å². The topological polar surface area (TPSA) is 136 Å². The summed E-state index contributed by atoms with van der Waals surface area (Å²) in [5.41, 5.74) is 0.208. The second-order valence-electron chi connectivity index (χ2n) is 6.08. The summed E-state index contributed by atoms with van der Waals surface area (Å²) in [6.45, 7) is 0.359. The highest BCUT2D eigenvalue weighted by atomic mass is 35.5. The number of hydrogen-bond donors (Lipinski definition) is 2. The van der Waals surface area contributed by atoms with Crippen LogP contribution in [0.1, 0.15) is 17.3 Å². The Hall–Kier alpha value is -3.67. The number of anilines is 2. The van der Waals surface area contributed by atoms with Crippen molar-refractivity contribution < 1.29 is 17.8 Å². The quantitative estimate of drug-likeness (QED) is 0.312. The first kappa shape index (κ1) is 19.6. The Kier molecular flexibility index (Phi) is 4.99. The number of alkyl halides is 3. The summed E-state index contributed by atoms with van der Waals surface area (Å²) in [7, 11) is 0. The molecule has 0 aliphatic carbocycles. The SMILES string of the molecule is O=c1c(NCc2ccc(-c3noc(C(F)(F)Cl)n3)cc2)c(NCc2ncon2)c1=O. The Balaban J connectivity index is 1.40. The van der Waals surface area contributed by atoms with Crippen LogP contribution in [0, 0.1) is 0 Å². The van der Waals surface area contributed by atoms with Gasteiger partial charge in [-0.1, -0.05) is 34.6 Å². The maximum absolute atomic E-state index is 13.0. The highest BCUT2D eigenvalue weighted by molar-refractivity contribution is 6.21. The Bertz CT molecular complexity index is 1230. The second kappa shape index (κ2) is 7.63. The minimum Gasteiger partial charge on any atom is -0.376 e. The molecule has 2 aromatic carbocycles. The number of rotatable bonds is 8. The van der Waals surface area contributed by atoms with Gasteiger partial charge in [-0.15, -0.1) is 0 Å². The number of nitrogens with one attached hydrogen (secondary N) is 2. The van der Waals surface area contributed by atoms with Crippen LogP contribution in [0.5, 0.6) is 0 Å². The lowest BCUT2D eigenvalue weighted by molar-refractivity contribution is 0.0551. The van der Waals surface area contributed by atoms with E-state index in [2.05, 4.69) is 40.0 Å². The Labute approximate surface area is 170 Å². The second-order valence-corrected chi connectivity index (χ2v) is 6.56. The molecule has 0 unspecified atom stereocenters. The molecule has 4 rings (SSSR count). The van der Waals surface area contributed by atoms with Gasteiger partial charge in [-0.05, 0) is 17.2 Å². The van der Waals surface area contributed by atoms with E-state index in [0.717, 1.165) is 12.0 Å². The van der Waals surface area contributed by atoms with Crippen molar-refractivity contribution in [1.29, 1.82) is 0 Å². The van der Waals surface area contributed by atoms with E-state index in [4.69, 9.17) is 11.6 Å². The summed E-state index contributed by atoms with van der Waals surface area (Å²) >= 11 is 4.85. The molecule has 10 nitrogen and oxygen atoms in total. The molecule has 4 aromatic rings. The van der Waals surface area contributed by atoms with Gasteiger partial charge in [-0.3, -0.25) is 9.59 Å². The summed E-state index contributed by atoms with van der Waals surface area (Å²) in [6, 6.07) is 6.54. The minimum atomic E-state index is -3.74. The first-order valence-corrected chi connectivity index (χ1v) is 8.77. The monoisotopic (exact) mass is 436 g/mol. The molecule has 2 heterocycles. The molecule has 0 amide bonds. The van der Waals surface area contributed by atoms with Crippen molar-refractivity contribution in [3.05, 3.63) is 68.4 Å². The lowest BCUT2D eigenvalue weighted by atomic mass is 10.1. The highest BCUT2D eigenvalue weighted by Gasteiger charge is 2.35. The summed E-state index contributed by atoms with van der Waals surface area (Å²) in [4.78, 5) is 30.9. The maximum atomic E-state index is 13.0. The molecule has 0 aliphatic heterocycles. The molecule has 2 aromatic heterocycles. The molecule has 13 heteroatoms. The molecule has 0 atom stereocenters. The van der Waals surface area contributed by atoms with Gasteiger partial charge in [0.1, 0.15) is 11.4 Å². The average molecular weight is 437 g/mol. The molecule has 0 radical (unpaired) electrons. The predicted octanol–water partition coefficient (Wildman–Crippen LogP) is 2.23. The number of halogens is 3. The van der Waals surface area contributed by atoms with Crippen LogP contribution in [0.3, 0.4) is 0 Å². The third-order valence-electron chi connectivity index (χ3n) is 4.09. The van der Waals surface area contributed by atoms with Crippen molar-refractivity contribution in [3.8, 4) is 11.4 Å². The van der Waals surface area contributed by atoms with Crippen LogP contribution in [-0.2, 0) is 18.5 Å². The fourth-order valence-corrected chi connectivity index (χ4v) is 2.66. The van der Waals surface area contributed by atoms with E-state index >= 15 is 0 Å². The summed E-state index contributed by atoms with van der Waals surface area (Å²) in [6.07, 6.45) is 1.15. The van der Waals surface area contributed by atoms with Crippen molar-refractivity contribution >= 4 is 23.0 Å². The Morgan fingerprint density at radius 3 is 2.23 bits per heavy atom. The van der Waals surface area contributed by atoms with E-state index in [1.165, 1.54) is 0 Å². The Morgan fingerprint density at radius 1 is 1.00 bits per heavy atom. The van der Waals surface area contributed by atoms with Gasteiger partial charge in [-0.25, -0.2) is 0 Å². The number of benzene rings is 1. The van der Waals surface area contributed by atoms with Crippen LogP contribution in [0.25, 0.3) is 11.4 Å². The van der Waals surface area contributed by atoms with Crippen LogP contribution < -0.4 is 21.5 Å². The predicted molar refractivity (Wildman–Crippen MR) is 99.8 cm³/mol. The average Bonchev–Trinajstić information content (AvgIpc) is 3.42. The van der Waals surface area contributed by atoms with Crippen molar-refractivity contribution in [2.45, 2.75) is 18.5 Å². The smallest absolute Gasteiger partial charge is 0.376 e. The molecule has 0 bridgehead atoms. The number of nitrogens with zero attached hydrogens (tertiary/aromatic N) is 4. The molecule has 0 spiro atoms. The fraction of sp³-hybridized carbons (Fsp3) is 0.176. The molecule has 0 saturated carbocycles. The number of hydrogen-bond acceptors (Lipinski definition) is 10. The summed E-state index contributed by atoms with van der Waals surface area (Å²) < 4.78 is 35.0. The van der Waals surface area contributed by atoms with Gasteiger partial charge in [0.25, 0.3) is 10.9 Å². The zero-order valence-electron chi connectivity index (χ0n) is 14.9.